The third-order valence-corrected chi connectivity index (χ3v) is 3.44. The molecule has 0 radical (unpaired) electrons. The lowest BCUT2D eigenvalue weighted by Crippen LogP contribution is -2.40. The number of nitrogens with zero attached hydrogens (tertiary/aromatic N) is 1. The molecule has 1 rings (SSSR count). The average molecular weight is 224 g/mol. The van der Waals surface area contributed by atoms with E-state index in [4.69, 9.17) is 5.26 Å². The first-order valence-corrected chi connectivity index (χ1v) is 6.38. The minimum Gasteiger partial charge on any atom is -0.392 e. The lowest BCUT2D eigenvalue weighted by Gasteiger charge is -2.23. The summed E-state index contributed by atoms with van der Waals surface area (Å²) in [6, 6.07) is 2.53. The minimum atomic E-state index is -0.261. The predicted molar refractivity (Wildman–Crippen MR) is 64.9 cm³/mol. The van der Waals surface area contributed by atoms with Gasteiger partial charge in [-0.2, -0.15) is 5.26 Å². The molecule has 0 heterocycles. The normalized spacial score (nSPS) is 27.1. The fraction of sp³-hybridized carbons (Fsp3) is 0.923. The molecule has 0 spiro atoms. The zero-order valence-electron chi connectivity index (χ0n) is 10.5. The molecule has 1 fully saturated rings. The highest BCUT2D eigenvalue weighted by molar-refractivity contribution is 4.92. The van der Waals surface area contributed by atoms with Crippen molar-refractivity contribution < 1.29 is 5.11 Å². The summed E-state index contributed by atoms with van der Waals surface area (Å²) in [5, 5.41) is 22.2. The van der Waals surface area contributed by atoms with Crippen molar-refractivity contribution in [2.24, 2.45) is 5.41 Å². The van der Waals surface area contributed by atoms with Crippen molar-refractivity contribution in [1.82, 2.24) is 5.32 Å². The van der Waals surface area contributed by atoms with Crippen molar-refractivity contribution in [2.75, 3.05) is 6.54 Å². The number of nitriles is 1. The Morgan fingerprint density at radius 1 is 1.31 bits per heavy atom. The van der Waals surface area contributed by atoms with Crippen molar-refractivity contribution in [1.29, 1.82) is 5.26 Å². The number of hydrogen-bond acceptors (Lipinski definition) is 3. The van der Waals surface area contributed by atoms with Gasteiger partial charge in [-0.1, -0.05) is 19.3 Å². The second kappa shape index (κ2) is 6.22. The third kappa shape index (κ3) is 4.51. The average Bonchev–Trinajstić information content (AvgIpc) is 2.44. The van der Waals surface area contributed by atoms with Crippen LogP contribution < -0.4 is 5.32 Å². The molecule has 3 nitrogen and oxygen atoms in total. The van der Waals surface area contributed by atoms with Gasteiger partial charge in [0.15, 0.2) is 0 Å². The number of rotatable bonds is 4. The number of aliphatic hydroxyl groups is 1. The first-order chi connectivity index (χ1) is 7.55. The van der Waals surface area contributed by atoms with Gasteiger partial charge in [0.2, 0.25) is 0 Å². The molecule has 0 amide bonds. The molecular formula is C13H24N2O. The quantitative estimate of drug-likeness (QED) is 0.720. The highest BCUT2D eigenvalue weighted by Gasteiger charge is 2.22. The topological polar surface area (TPSA) is 56.0 Å². The van der Waals surface area contributed by atoms with Crippen LogP contribution in [0.25, 0.3) is 0 Å². The van der Waals surface area contributed by atoms with E-state index < -0.39 is 0 Å². The van der Waals surface area contributed by atoms with E-state index in [1.54, 1.807) is 0 Å². The van der Waals surface area contributed by atoms with Crippen LogP contribution in [-0.2, 0) is 0 Å². The third-order valence-electron chi connectivity index (χ3n) is 3.44. The lowest BCUT2D eigenvalue weighted by atomic mass is 9.91. The molecule has 2 N–H and O–H groups in total. The summed E-state index contributed by atoms with van der Waals surface area (Å²) in [5.74, 6) is 0. The Morgan fingerprint density at radius 2 is 2.00 bits per heavy atom. The predicted octanol–water partition coefficient (Wildman–Crippen LogP) is 2.21. The maximum Gasteiger partial charge on any atom is 0.0693 e. The van der Waals surface area contributed by atoms with E-state index in [1.165, 1.54) is 12.8 Å². The van der Waals surface area contributed by atoms with Gasteiger partial charge in [-0.15, -0.1) is 0 Å². The van der Waals surface area contributed by atoms with Gasteiger partial charge in [0.05, 0.1) is 17.6 Å². The van der Waals surface area contributed by atoms with E-state index in [0.29, 0.717) is 0 Å². The van der Waals surface area contributed by atoms with E-state index in [0.717, 1.165) is 32.2 Å². The largest absolute Gasteiger partial charge is 0.392 e. The fourth-order valence-electron chi connectivity index (χ4n) is 2.15. The molecule has 0 aliphatic heterocycles. The van der Waals surface area contributed by atoms with Crippen LogP contribution in [0.4, 0.5) is 0 Å². The summed E-state index contributed by atoms with van der Waals surface area (Å²) < 4.78 is 0. The van der Waals surface area contributed by atoms with Crippen LogP contribution in [0.15, 0.2) is 0 Å². The van der Waals surface area contributed by atoms with Crippen LogP contribution in [-0.4, -0.2) is 23.8 Å². The highest BCUT2D eigenvalue weighted by atomic mass is 16.3. The van der Waals surface area contributed by atoms with Crippen molar-refractivity contribution in [2.45, 2.75) is 64.5 Å². The van der Waals surface area contributed by atoms with Crippen LogP contribution in [0.5, 0.6) is 0 Å². The van der Waals surface area contributed by atoms with Crippen LogP contribution in [0.3, 0.4) is 0 Å². The van der Waals surface area contributed by atoms with Crippen LogP contribution in [0.1, 0.15) is 52.4 Å². The first-order valence-electron chi connectivity index (χ1n) is 6.38. The van der Waals surface area contributed by atoms with E-state index in [2.05, 4.69) is 11.4 Å². The van der Waals surface area contributed by atoms with E-state index in [-0.39, 0.29) is 17.6 Å². The molecule has 3 heteroatoms. The Labute approximate surface area is 98.8 Å². The van der Waals surface area contributed by atoms with Crippen molar-refractivity contribution in [3.05, 3.63) is 0 Å². The lowest BCUT2D eigenvalue weighted by molar-refractivity contribution is 0.119. The smallest absolute Gasteiger partial charge is 0.0693 e. The van der Waals surface area contributed by atoms with Gasteiger partial charge in [-0.05, 0) is 39.7 Å². The molecule has 0 aromatic rings. The molecule has 2 atom stereocenters. The van der Waals surface area contributed by atoms with Crippen LogP contribution in [0, 0.1) is 16.7 Å². The van der Waals surface area contributed by atoms with E-state index in [9.17, 15) is 5.11 Å². The van der Waals surface area contributed by atoms with Crippen LogP contribution >= 0.6 is 0 Å². The molecule has 1 aliphatic carbocycles. The second-order valence-electron chi connectivity index (χ2n) is 5.51. The molecule has 92 valence electrons. The molecule has 1 aliphatic rings. The Balaban J connectivity index is 2.28. The molecule has 16 heavy (non-hydrogen) atoms. The Bertz CT molecular complexity index is 245. The zero-order chi connectivity index (χ0) is 12.0. The minimum absolute atomic E-state index is 0.201. The summed E-state index contributed by atoms with van der Waals surface area (Å²) in [6.45, 7) is 4.73. The summed E-state index contributed by atoms with van der Waals surface area (Å²) in [6.07, 6.45) is 6.20. The molecule has 0 bridgehead atoms. The van der Waals surface area contributed by atoms with Gasteiger partial charge in [0.1, 0.15) is 0 Å². The Hall–Kier alpha value is -0.590. The van der Waals surface area contributed by atoms with Crippen LogP contribution in [0.2, 0.25) is 0 Å². The van der Waals surface area contributed by atoms with Crippen molar-refractivity contribution >= 4 is 0 Å². The Morgan fingerprint density at radius 3 is 2.69 bits per heavy atom. The van der Waals surface area contributed by atoms with Gasteiger partial charge in [0, 0.05) is 6.04 Å². The molecule has 0 aromatic heterocycles. The van der Waals surface area contributed by atoms with E-state index in [1.807, 2.05) is 13.8 Å². The monoisotopic (exact) mass is 224 g/mol. The van der Waals surface area contributed by atoms with Gasteiger partial charge < -0.3 is 10.4 Å². The maximum absolute atomic E-state index is 9.91. The highest BCUT2D eigenvalue weighted by Crippen LogP contribution is 2.20. The zero-order valence-corrected chi connectivity index (χ0v) is 10.5. The first kappa shape index (κ1) is 13.5. The molecule has 0 aromatic carbocycles. The molecular weight excluding hydrogens is 200 g/mol. The van der Waals surface area contributed by atoms with Gasteiger partial charge in [-0.25, -0.2) is 0 Å². The fourth-order valence-corrected chi connectivity index (χ4v) is 2.15. The van der Waals surface area contributed by atoms with Gasteiger partial charge in [0.25, 0.3) is 0 Å². The van der Waals surface area contributed by atoms with Crippen molar-refractivity contribution in [3.8, 4) is 6.07 Å². The molecule has 1 saturated carbocycles. The number of hydrogen-bond donors (Lipinski definition) is 2. The summed E-state index contributed by atoms with van der Waals surface area (Å²) in [7, 11) is 0. The second-order valence-corrected chi connectivity index (χ2v) is 5.51. The van der Waals surface area contributed by atoms with E-state index >= 15 is 0 Å². The summed E-state index contributed by atoms with van der Waals surface area (Å²) in [5.41, 5.74) is -0.261. The maximum atomic E-state index is 9.91. The summed E-state index contributed by atoms with van der Waals surface area (Å²) in [4.78, 5) is 0. The number of aliphatic hydroxyl groups excluding tert-OH is 1. The van der Waals surface area contributed by atoms with Gasteiger partial charge in [-0.3, -0.25) is 0 Å². The Kier molecular flexibility index (Phi) is 5.24. The SMILES string of the molecule is CC(C)(C#N)CCNC1CCCCCC1O. The van der Waals surface area contributed by atoms with Gasteiger partial charge >= 0.3 is 0 Å². The van der Waals surface area contributed by atoms with Crippen molar-refractivity contribution in [3.63, 3.8) is 0 Å². The number of nitrogens with one attached hydrogen (secondary N) is 1. The standard InChI is InChI=1S/C13H24N2O/c1-13(2,10-14)8-9-15-11-6-4-3-5-7-12(11)16/h11-12,15-16H,3-9H2,1-2H3. The molecule has 0 saturated heterocycles. The summed E-state index contributed by atoms with van der Waals surface area (Å²) >= 11 is 0. The molecule has 2 unspecified atom stereocenters.